The maximum atomic E-state index is 12.7. The molecule has 5 nitrogen and oxygen atoms in total. The molecule has 24 heavy (non-hydrogen) atoms. The average molecular weight is 417 g/mol. The van der Waals surface area contributed by atoms with Crippen LogP contribution < -0.4 is 0 Å². The second kappa shape index (κ2) is 7.83. The summed E-state index contributed by atoms with van der Waals surface area (Å²) < 4.78 is 33.4. The molecule has 0 bridgehead atoms. The molecule has 0 amide bonds. The number of sulfonamides is 1. The van der Waals surface area contributed by atoms with Crippen molar-refractivity contribution in [1.29, 1.82) is 0 Å². The van der Waals surface area contributed by atoms with Crippen LogP contribution in [0.25, 0.3) is 0 Å². The first-order chi connectivity index (χ1) is 11.5. The lowest BCUT2D eigenvalue weighted by Gasteiger charge is -2.41. The van der Waals surface area contributed by atoms with Gasteiger partial charge in [-0.1, -0.05) is 15.9 Å². The molecule has 0 N–H and O–H groups in total. The molecule has 2 heterocycles. The average Bonchev–Trinajstić information content (AvgIpc) is 2.62. The standard InChI is InChI=1S/C17H25BrN2O3S/c1-23-16-8-10-19(11-9-16)15-6-12-20(13-7-15)24(21,22)17-4-2-14(18)3-5-17/h2-5,15-16H,6-13H2,1H3. The van der Waals surface area contributed by atoms with Crippen LogP contribution in [-0.2, 0) is 14.8 Å². The molecule has 134 valence electrons. The predicted octanol–water partition coefficient (Wildman–Crippen LogP) is 2.71. The Labute approximate surface area is 153 Å². The molecule has 0 spiro atoms. The Kier molecular flexibility index (Phi) is 5.98. The fraction of sp³-hybridized carbons (Fsp3) is 0.647. The molecule has 3 rings (SSSR count). The first-order valence-corrected chi connectivity index (χ1v) is 10.8. The predicted molar refractivity (Wildman–Crippen MR) is 97.5 cm³/mol. The van der Waals surface area contributed by atoms with Gasteiger partial charge in [0.25, 0.3) is 0 Å². The van der Waals surface area contributed by atoms with Crippen molar-refractivity contribution in [2.24, 2.45) is 0 Å². The Balaban J connectivity index is 1.58. The van der Waals surface area contributed by atoms with E-state index >= 15 is 0 Å². The maximum Gasteiger partial charge on any atom is 0.243 e. The second-order valence-electron chi connectivity index (χ2n) is 6.56. The Morgan fingerprint density at radius 3 is 2.12 bits per heavy atom. The molecule has 0 saturated carbocycles. The van der Waals surface area contributed by atoms with Gasteiger partial charge in [0.1, 0.15) is 0 Å². The molecule has 0 aliphatic carbocycles. The lowest BCUT2D eigenvalue weighted by atomic mass is 10.00. The van der Waals surface area contributed by atoms with E-state index in [2.05, 4.69) is 20.8 Å². The summed E-state index contributed by atoms with van der Waals surface area (Å²) in [5.41, 5.74) is 0. The zero-order chi connectivity index (χ0) is 17.2. The number of hydrogen-bond donors (Lipinski definition) is 0. The van der Waals surface area contributed by atoms with E-state index in [9.17, 15) is 8.42 Å². The summed E-state index contributed by atoms with van der Waals surface area (Å²) in [6.45, 7) is 3.33. The molecule has 0 aromatic heterocycles. The highest BCUT2D eigenvalue weighted by molar-refractivity contribution is 9.10. The minimum Gasteiger partial charge on any atom is -0.381 e. The normalized spacial score (nSPS) is 22.8. The van der Waals surface area contributed by atoms with Crippen molar-refractivity contribution in [3.8, 4) is 0 Å². The summed E-state index contributed by atoms with van der Waals surface area (Å²) in [4.78, 5) is 2.89. The van der Waals surface area contributed by atoms with E-state index in [1.807, 2.05) is 0 Å². The zero-order valence-electron chi connectivity index (χ0n) is 14.0. The van der Waals surface area contributed by atoms with Crippen LogP contribution in [-0.4, -0.2) is 63.1 Å². The van der Waals surface area contributed by atoms with Gasteiger partial charge in [-0.05, 0) is 49.9 Å². The first-order valence-electron chi connectivity index (χ1n) is 8.53. The number of nitrogens with zero attached hydrogens (tertiary/aromatic N) is 2. The molecule has 7 heteroatoms. The molecule has 0 radical (unpaired) electrons. The van der Waals surface area contributed by atoms with Crippen molar-refractivity contribution in [1.82, 2.24) is 9.21 Å². The summed E-state index contributed by atoms with van der Waals surface area (Å²) in [7, 11) is -1.59. The molecule has 2 aliphatic heterocycles. The Morgan fingerprint density at radius 1 is 1.00 bits per heavy atom. The topological polar surface area (TPSA) is 49.9 Å². The van der Waals surface area contributed by atoms with Gasteiger partial charge >= 0.3 is 0 Å². The molecule has 0 atom stereocenters. The Bertz CT molecular complexity index is 634. The quantitative estimate of drug-likeness (QED) is 0.756. The van der Waals surface area contributed by atoms with Gasteiger partial charge in [-0.25, -0.2) is 8.42 Å². The number of methoxy groups -OCH3 is 1. The number of hydrogen-bond acceptors (Lipinski definition) is 4. The molecular formula is C17H25BrN2O3S. The van der Waals surface area contributed by atoms with E-state index in [0.29, 0.717) is 30.1 Å². The largest absolute Gasteiger partial charge is 0.381 e. The van der Waals surface area contributed by atoms with Crippen molar-refractivity contribution >= 4 is 26.0 Å². The maximum absolute atomic E-state index is 12.7. The Morgan fingerprint density at radius 2 is 1.58 bits per heavy atom. The van der Waals surface area contributed by atoms with Gasteiger partial charge in [0.15, 0.2) is 0 Å². The van der Waals surface area contributed by atoms with Gasteiger partial charge in [-0.15, -0.1) is 0 Å². The molecule has 2 aliphatic rings. The van der Waals surface area contributed by atoms with E-state index in [0.717, 1.165) is 43.2 Å². The second-order valence-corrected chi connectivity index (χ2v) is 9.41. The number of benzene rings is 1. The number of rotatable bonds is 4. The van der Waals surface area contributed by atoms with E-state index in [1.54, 1.807) is 35.7 Å². The van der Waals surface area contributed by atoms with Gasteiger partial charge in [-0.2, -0.15) is 4.31 Å². The van der Waals surface area contributed by atoms with E-state index in [-0.39, 0.29) is 0 Å². The summed E-state index contributed by atoms with van der Waals surface area (Å²) >= 11 is 3.35. The Hall–Kier alpha value is -0.470. The molecule has 2 saturated heterocycles. The van der Waals surface area contributed by atoms with Crippen molar-refractivity contribution in [3.05, 3.63) is 28.7 Å². The smallest absolute Gasteiger partial charge is 0.243 e. The van der Waals surface area contributed by atoms with Crippen LogP contribution in [0.15, 0.2) is 33.6 Å². The van der Waals surface area contributed by atoms with Crippen molar-refractivity contribution in [2.45, 2.75) is 42.7 Å². The zero-order valence-corrected chi connectivity index (χ0v) is 16.4. The fourth-order valence-corrected chi connectivity index (χ4v) is 5.41. The van der Waals surface area contributed by atoms with E-state index < -0.39 is 10.0 Å². The fourth-order valence-electron chi connectivity index (χ4n) is 3.68. The van der Waals surface area contributed by atoms with Crippen molar-refractivity contribution in [2.75, 3.05) is 33.3 Å². The lowest BCUT2D eigenvalue weighted by Crippen LogP contribution is -2.49. The van der Waals surface area contributed by atoms with Crippen LogP contribution in [0.5, 0.6) is 0 Å². The summed E-state index contributed by atoms with van der Waals surface area (Å²) in [6.07, 6.45) is 4.36. The highest BCUT2D eigenvalue weighted by Crippen LogP contribution is 2.26. The number of piperidine rings is 2. The monoisotopic (exact) mass is 416 g/mol. The summed E-state index contributed by atoms with van der Waals surface area (Å²) in [6, 6.07) is 7.39. The first kappa shape index (κ1) is 18.3. The van der Waals surface area contributed by atoms with Crippen LogP contribution in [0.4, 0.5) is 0 Å². The highest BCUT2D eigenvalue weighted by atomic mass is 79.9. The highest BCUT2D eigenvalue weighted by Gasteiger charge is 2.33. The van der Waals surface area contributed by atoms with Crippen LogP contribution in [0.3, 0.4) is 0 Å². The summed E-state index contributed by atoms with van der Waals surface area (Å²) in [5.74, 6) is 0. The summed E-state index contributed by atoms with van der Waals surface area (Å²) in [5, 5.41) is 0. The van der Waals surface area contributed by atoms with Crippen molar-refractivity contribution < 1.29 is 13.2 Å². The molecular weight excluding hydrogens is 392 g/mol. The van der Waals surface area contributed by atoms with E-state index in [4.69, 9.17) is 4.74 Å². The minimum atomic E-state index is -3.37. The van der Waals surface area contributed by atoms with Crippen LogP contribution >= 0.6 is 15.9 Å². The van der Waals surface area contributed by atoms with Crippen molar-refractivity contribution in [3.63, 3.8) is 0 Å². The van der Waals surface area contributed by atoms with Crippen LogP contribution in [0.2, 0.25) is 0 Å². The SMILES string of the molecule is COC1CCN(C2CCN(S(=O)(=O)c3ccc(Br)cc3)CC2)CC1. The lowest BCUT2D eigenvalue weighted by molar-refractivity contribution is 0.0190. The number of ether oxygens (including phenoxy) is 1. The van der Waals surface area contributed by atoms with Gasteiger partial charge in [0.2, 0.25) is 10.0 Å². The number of likely N-dealkylation sites (tertiary alicyclic amines) is 1. The van der Waals surface area contributed by atoms with Gasteiger partial charge in [-0.3, -0.25) is 0 Å². The van der Waals surface area contributed by atoms with Gasteiger partial charge in [0.05, 0.1) is 11.0 Å². The van der Waals surface area contributed by atoms with Crippen LogP contribution in [0, 0.1) is 0 Å². The molecule has 1 aromatic rings. The third kappa shape index (κ3) is 4.02. The van der Waals surface area contributed by atoms with Gasteiger partial charge < -0.3 is 9.64 Å². The molecule has 2 fully saturated rings. The third-order valence-electron chi connectivity index (χ3n) is 5.20. The molecule has 0 unspecified atom stereocenters. The number of halogens is 1. The molecule has 1 aromatic carbocycles. The van der Waals surface area contributed by atoms with Crippen LogP contribution in [0.1, 0.15) is 25.7 Å². The van der Waals surface area contributed by atoms with Gasteiger partial charge in [0, 0.05) is 43.8 Å². The third-order valence-corrected chi connectivity index (χ3v) is 7.64. The minimum absolute atomic E-state index is 0.380. The van der Waals surface area contributed by atoms with E-state index in [1.165, 1.54) is 0 Å².